The molecular weight excluding hydrogens is 224 g/mol. The maximum absolute atomic E-state index is 11.0. The molecule has 1 aromatic heterocycles. The molecule has 5 nitrogen and oxygen atoms in total. The van der Waals surface area contributed by atoms with Gasteiger partial charge < -0.3 is 0 Å². The molecule has 0 unspecified atom stereocenters. The van der Waals surface area contributed by atoms with Gasteiger partial charge in [-0.25, -0.2) is 0 Å². The van der Waals surface area contributed by atoms with Crippen LogP contribution in [0.3, 0.4) is 0 Å². The van der Waals surface area contributed by atoms with Crippen molar-refractivity contribution in [2.75, 3.05) is 0 Å². The van der Waals surface area contributed by atoms with Gasteiger partial charge in [0.05, 0.1) is 4.92 Å². The van der Waals surface area contributed by atoms with E-state index in [1.807, 2.05) is 0 Å². The Kier molecular flexibility index (Phi) is 3.22. The molecule has 1 heterocycles. The summed E-state index contributed by atoms with van der Waals surface area (Å²) < 4.78 is 0. The highest BCUT2D eigenvalue weighted by atomic mass is 32.2. The van der Waals surface area contributed by atoms with Crippen molar-refractivity contribution in [1.82, 2.24) is 0 Å². The summed E-state index contributed by atoms with van der Waals surface area (Å²) in [5, 5.41) is 21.9. The molecule has 7 heteroatoms. The van der Waals surface area contributed by atoms with E-state index < -0.39 is 4.92 Å². The average Bonchev–Trinajstić information content (AvgIpc) is 2.48. The SMILES string of the molecule is CC(=O)c1csc([N+](=O)[O-])c1SC#N. The van der Waals surface area contributed by atoms with Crippen LogP contribution in [0.25, 0.3) is 0 Å². The first kappa shape index (κ1) is 10.7. The molecule has 0 spiro atoms. The summed E-state index contributed by atoms with van der Waals surface area (Å²) in [7, 11) is 0. The molecule has 0 amide bonds. The van der Waals surface area contributed by atoms with Gasteiger partial charge in [-0.2, -0.15) is 5.26 Å². The number of nitro groups is 1. The number of ketones is 1. The Balaban J connectivity index is 3.28. The minimum absolute atomic E-state index is 0.148. The third kappa shape index (κ3) is 1.92. The molecule has 0 bridgehead atoms. The van der Waals surface area contributed by atoms with Crippen LogP contribution < -0.4 is 0 Å². The first-order valence-corrected chi connectivity index (χ1v) is 5.10. The molecule has 0 radical (unpaired) electrons. The number of rotatable bonds is 3. The van der Waals surface area contributed by atoms with Crippen LogP contribution >= 0.6 is 23.1 Å². The van der Waals surface area contributed by atoms with Crippen LogP contribution in [0.2, 0.25) is 0 Å². The molecule has 0 saturated carbocycles. The summed E-state index contributed by atoms with van der Waals surface area (Å²) in [5.41, 5.74) is 0.244. The van der Waals surface area contributed by atoms with Crippen LogP contribution in [-0.2, 0) is 0 Å². The highest BCUT2D eigenvalue weighted by Gasteiger charge is 2.23. The zero-order chi connectivity index (χ0) is 10.7. The van der Waals surface area contributed by atoms with Gasteiger partial charge in [0.25, 0.3) is 0 Å². The third-order valence-corrected chi connectivity index (χ3v) is 3.19. The van der Waals surface area contributed by atoms with E-state index in [4.69, 9.17) is 5.26 Å². The lowest BCUT2D eigenvalue weighted by Gasteiger charge is -1.92. The Hall–Kier alpha value is -1.39. The zero-order valence-electron chi connectivity index (χ0n) is 7.01. The molecule has 0 atom stereocenters. The van der Waals surface area contributed by atoms with Crippen molar-refractivity contribution in [2.24, 2.45) is 0 Å². The van der Waals surface area contributed by atoms with Crippen molar-refractivity contribution in [3.05, 3.63) is 21.1 Å². The maximum atomic E-state index is 11.0. The topological polar surface area (TPSA) is 84.0 Å². The number of thiocyanates is 1. The largest absolute Gasteiger partial charge is 0.339 e. The number of carbonyl (C=O) groups excluding carboxylic acids is 1. The third-order valence-electron chi connectivity index (χ3n) is 1.42. The van der Waals surface area contributed by atoms with Crippen LogP contribution in [-0.4, -0.2) is 10.7 Å². The fourth-order valence-corrected chi connectivity index (χ4v) is 2.58. The molecule has 72 valence electrons. The van der Waals surface area contributed by atoms with Gasteiger partial charge in [-0.3, -0.25) is 14.9 Å². The number of carbonyl (C=O) groups is 1. The van der Waals surface area contributed by atoms with E-state index in [9.17, 15) is 14.9 Å². The maximum Gasteiger partial charge on any atom is 0.339 e. The van der Waals surface area contributed by atoms with Gasteiger partial charge in [-0.05, 0) is 18.7 Å². The van der Waals surface area contributed by atoms with E-state index in [-0.39, 0.29) is 21.2 Å². The zero-order valence-corrected chi connectivity index (χ0v) is 8.65. The van der Waals surface area contributed by atoms with Crippen LogP contribution in [0.1, 0.15) is 17.3 Å². The molecule has 14 heavy (non-hydrogen) atoms. The summed E-state index contributed by atoms with van der Waals surface area (Å²) in [5.74, 6) is -0.271. The lowest BCUT2D eigenvalue weighted by Crippen LogP contribution is -1.92. The van der Waals surface area contributed by atoms with Gasteiger partial charge >= 0.3 is 5.00 Å². The Morgan fingerprint density at radius 2 is 2.43 bits per heavy atom. The van der Waals surface area contributed by atoms with Gasteiger partial charge in [0.15, 0.2) is 5.78 Å². The summed E-state index contributed by atoms with van der Waals surface area (Å²) in [6, 6.07) is 0. The number of nitriles is 1. The molecule has 0 saturated heterocycles. The van der Waals surface area contributed by atoms with E-state index in [1.54, 1.807) is 5.40 Å². The molecule has 0 aliphatic carbocycles. The number of thiophene rings is 1. The van der Waals surface area contributed by atoms with Crippen molar-refractivity contribution >= 4 is 33.9 Å². The second-order valence-electron chi connectivity index (χ2n) is 2.29. The Morgan fingerprint density at radius 3 is 2.86 bits per heavy atom. The minimum atomic E-state index is -0.587. The molecule has 0 aliphatic rings. The van der Waals surface area contributed by atoms with Gasteiger partial charge in [0, 0.05) is 10.9 Å². The van der Waals surface area contributed by atoms with Gasteiger partial charge in [-0.15, -0.1) is 0 Å². The highest BCUT2D eigenvalue weighted by Crippen LogP contribution is 2.37. The van der Waals surface area contributed by atoms with Crippen molar-refractivity contribution in [3.63, 3.8) is 0 Å². The minimum Gasteiger partial charge on any atom is -0.294 e. The van der Waals surface area contributed by atoms with Gasteiger partial charge in [0.1, 0.15) is 10.3 Å². The number of Topliss-reactive ketones (excluding diaryl/α,β-unsaturated/α-hetero) is 1. The van der Waals surface area contributed by atoms with Crippen molar-refractivity contribution in [2.45, 2.75) is 11.8 Å². The number of thioether (sulfide) groups is 1. The molecule has 1 aromatic rings. The highest BCUT2D eigenvalue weighted by molar-refractivity contribution is 8.04. The van der Waals surface area contributed by atoms with Crippen molar-refractivity contribution in [1.29, 1.82) is 5.26 Å². The molecule has 0 aromatic carbocycles. The van der Waals surface area contributed by atoms with E-state index in [2.05, 4.69) is 0 Å². The van der Waals surface area contributed by atoms with Crippen LogP contribution in [0.4, 0.5) is 5.00 Å². The lowest BCUT2D eigenvalue weighted by molar-refractivity contribution is -0.382. The van der Waals surface area contributed by atoms with Crippen LogP contribution in [0, 0.1) is 20.8 Å². The van der Waals surface area contributed by atoms with Crippen molar-refractivity contribution in [3.8, 4) is 5.40 Å². The predicted octanol–water partition coefficient (Wildman–Crippen LogP) is 2.43. The number of hydrogen-bond acceptors (Lipinski definition) is 6. The predicted molar refractivity (Wildman–Crippen MR) is 52.4 cm³/mol. The van der Waals surface area contributed by atoms with Crippen LogP contribution in [0.15, 0.2) is 10.3 Å². The lowest BCUT2D eigenvalue weighted by atomic mass is 10.2. The quantitative estimate of drug-likeness (QED) is 0.261. The smallest absolute Gasteiger partial charge is 0.294 e. The van der Waals surface area contributed by atoms with E-state index in [0.29, 0.717) is 11.8 Å². The summed E-state index contributed by atoms with van der Waals surface area (Å²) in [6.45, 7) is 1.31. The van der Waals surface area contributed by atoms with E-state index in [0.717, 1.165) is 11.3 Å². The number of hydrogen-bond donors (Lipinski definition) is 0. The van der Waals surface area contributed by atoms with Gasteiger partial charge in [-0.1, -0.05) is 11.3 Å². The van der Waals surface area contributed by atoms with E-state index in [1.165, 1.54) is 12.3 Å². The van der Waals surface area contributed by atoms with E-state index >= 15 is 0 Å². The Morgan fingerprint density at radius 1 is 1.79 bits per heavy atom. The normalized spacial score (nSPS) is 9.43. The van der Waals surface area contributed by atoms with Crippen LogP contribution in [0.5, 0.6) is 0 Å². The monoisotopic (exact) mass is 228 g/mol. The van der Waals surface area contributed by atoms with Gasteiger partial charge in [0.2, 0.25) is 0 Å². The summed E-state index contributed by atoms with van der Waals surface area (Å²) >= 11 is 1.51. The first-order chi connectivity index (χ1) is 6.57. The van der Waals surface area contributed by atoms with Crippen molar-refractivity contribution < 1.29 is 9.72 Å². The summed E-state index contributed by atoms with van der Waals surface area (Å²) in [4.78, 5) is 21.1. The molecule has 1 rings (SSSR count). The molecule has 0 N–H and O–H groups in total. The Labute approximate surface area is 87.5 Å². The fourth-order valence-electron chi connectivity index (χ4n) is 0.850. The number of nitrogens with zero attached hydrogens (tertiary/aromatic N) is 2. The first-order valence-electron chi connectivity index (χ1n) is 3.40. The molecular formula is C7H4N2O3S2. The fraction of sp³-hybridized carbons (Fsp3) is 0.143. The molecule has 0 fully saturated rings. The summed E-state index contributed by atoms with van der Waals surface area (Å²) in [6.07, 6.45) is 0. The Bertz CT molecular complexity index is 401. The average molecular weight is 228 g/mol. The second kappa shape index (κ2) is 4.21. The molecule has 0 aliphatic heterocycles. The second-order valence-corrected chi connectivity index (χ2v) is 3.94. The standard InChI is InChI=1S/C7H4N2O3S2/c1-4(10)5-2-13-7(9(11)12)6(5)14-3-8/h2H,1H3.